The van der Waals surface area contributed by atoms with Crippen LogP contribution in [-0.4, -0.2) is 32.4 Å². The summed E-state index contributed by atoms with van der Waals surface area (Å²) in [6, 6.07) is 5.31. The van der Waals surface area contributed by atoms with Gasteiger partial charge in [0.15, 0.2) is 5.82 Å². The van der Waals surface area contributed by atoms with E-state index in [9.17, 15) is 14.0 Å². The molecule has 0 aliphatic heterocycles. The number of rotatable bonds is 6. The van der Waals surface area contributed by atoms with Gasteiger partial charge in [0.1, 0.15) is 11.3 Å². The number of pyridine rings is 1. The van der Waals surface area contributed by atoms with Gasteiger partial charge in [0.05, 0.1) is 11.8 Å². The number of fused-ring (bicyclic) bond motifs is 1. The number of hydrogen-bond donors (Lipinski definition) is 2. The maximum absolute atomic E-state index is 14.9. The SMILES string of the molecule is CC(=O)NC1CCCC(C(=O)Nc2cc(-c3cc(F)c4ncn(CC5CC5)c4c3)c(C)cn2)C1. The number of hydrogen-bond acceptors (Lipinski definition) is 4. The van der Waals surface area contributed by atoms with E-state index < -0.39 is 0 Å². The normalized spacial score (nSPS) is 20.3. The predicted molar refractivity (Wildman–Crippen MR) is 129 cm³/mol. The Hall–Kier alpha value is -3.29. The molecule has 8 heteroatoms. The van der Waals surface area contributed by atoms with Gasteiger partial charge in [0, 0.05) is 31.6 Å². The number of benzene rings is 1. The molecule has 2 saturated carbocycles. The monoisotopic (exact) mass is 463 g/mol. The second kappa shape index (κ2) is 9.16. The van der Waals surface area contributed by atoms with Crippen molar-refractivity contribution in [3.05, 3.63) is 42.1 Å². The maximum atomic E-state index is 14.9. The molecule has 2 atom stereocenters. The smallest absolute Gasteiger partial charge is 0.228 e. The van der Waals surface area contributed by atoms with Gasteiger partial charge in [0.2, 0.25) is 11.8 Å². The standard InChI is InChI=1S/C26H30FN5O2/c1-15-12-28-24(31-26(34)18-4-3-5-20(8-18)30-16(2)33)11-21(15)19-9-22(27)25-23(10-19)32(14-29-25)13-17-6-7-17/h9-12,14,17-18,20H,3-8,13H2,1-2H3,(H,30,33)(H,28,31,34). The van der Waals surface area contributed by atoms with E-state index in [1.807, 2.05) is 23.6 Å². The van der Waals surface area contributed by atoms with Gasteiger partial charge in [-0.2, -0.15) is 0 Å². The number of nitrogens with one attached hydrogen (secondary N) is 2. The van der Waals surface area contributed by atoms with Gasteiger partial charge in [-0.3, -0.25) is 9.59 Å². The second-order valence-electron chi connectivity index (χ2n) is 9.80. The third kappa shape index (κ3) is 4.81. The average molecular weight is 464 g/mol. The number of nitrogens with zero attached hydrogens (tertiary/aromatic N) is 3. The van der Waals surface area contributed by atoms with Crippen LogP contribution in [0.2, 0.25) is 0 Å². The summed E-state index contributed by atoms with van der Waals surface area (Å²) in [5, 5.41) is 5.87. The zero-order chi connectivity index (χ0) is 23.8. The third-order valence-electron chi connectivity index (χ3n) is 6.95. The highest BCUT2D eigenvalue weighted by molar-refractivity contribution is 5.93. The fraction of sp³-hybridized carbons (Fsp3) is 0.462. The van der Waals surface area contributed by atoms with E-state index in [-0.39, 0.29) is 29.6 Å². The largest absolute Gasteiger partial charge is 0.354 e. The van der Waals surface area contributed by atoms with Gasteiger partial charge in [-0.25, -0.2) is 14.4 Å². The lowest BCUT2D eigenvalue weighted by molar-refractivity contribution is -0.123. The molecule has 2 fully saturated rings. The Labute approximate surface area is 198 Å². The number of carbonyl (C=O) groups excluding carboxylic acids is 2. The number of anilines is 1. The van der Waals surface area contributed by atoms with Crippen LogP contribution in [-0.2, 0) is 16.1 Å². The van der Waals surface area contributed by atoms with E-state index in [2.05, 4.69) is 20.6 Å². The highest BCUT2D eigenvalue weighted by Gasteiger charge is 2.28. The highest BCUT2D eigenvalue weighted by Crippen LogP contribution is 2.34. The molecule has 2 heterocycles. The fourth-order valence-corrected chi connectivity index (χ4v) is 4.98. The van der Waals surface area contributed by atoms with Crippen molar-refractivity contribution < 1.29 is 14.0 Å². The minimum atomic E-state index is -0.352. The Bertz CT molecular complexity index is 1250. The lowest BCUT2D eigenvalue weighted by atomic mass is 9.85. The van der Waals surface area contributed by atoms with Crippen molar-refractivity contribution in [1.82, 2.24) is 19.9 Å². The van der Waals surface area contributed by atoms with Gasteiger partial charge >= 0.3 is 0 Å². The van der Waals surface area contributed by atoms with Crippen LogP contribution in [0.3, 0.4) is 0 Å². The molecule has 7 nitrogen and oxygen atoms in total. The first-order valence-corrected chi connectivity index (χ1v) is 12.1. The quantitative estimate of drug-likeness (QED) is 0.560. The summed E-state index contributed by atoms with van der Waals surface area (Å²) >= 11 is 0. The van der Waals surface area contributed by atoms with E-state index in [1.54, 1.807) is 12.5 Å². The first-order valence-electron chi connectivity index (χ1n) is 12.1. The number of aryl methyl sites for hydroxylation is 1. The lowest BCUT2D eigenvalue weighted by Gasteiger charge is -2.28. The predicted octanol–water partition coefficient (Wildman–Crippen LogP) is 4.59. The van der Waals surface area contributed by atoms with Crippen LogP contribution in [0.25, 0.3) is 22.2 Å². The zero-order valence-corrected chi connectivity index (χ0v) is 19.6. The summed E-state index contributed by atoms with van der Waals surface area (Å²) in [5.74, 6) is 0.399. The number of carbonyl (C=O) groups is 2. The molecule has 0 radical (unpaired) electrons. The van der Waals surface area contributed by atoms with Crippen molar-refractivity contribution in [3.8, 4) is 11.1 Å². The van der Waals surface area contributed by atoms with Gasteiger partial charge in [-0.1, -0.05) is 6.42 Å². The van der Waals surface area contributed by atoms with Crippen LogP contribution in [0.4, 0.5) is 10.2 Å². The molecule has 3 aromatic rings. The van der Waals surface area contributed by atoms with Crippen LogP contribution in [0.1, 0.15) is 51.0 Å². The van der Waals surface area contributed by atoms with Gasteiger partial charge in [-0.05, 0) is 79.8 Å². The molecule has 0 spiro atoms. The molecule has 178 valence electrons. The first-order chi connectivity index (χ1) is 16.4. The Morgan fingerprint density at radius 2 is 1.97 bits per heavy atom. The summed E-state index contributed by atoms with van der Waals surface area (Å²) in [4.78, 5) is 33.0. The Morgan fingerprint density at radius 1 is 1.15 bits per heavy atom. The first kappa shape index (κ1) is 22.5. The minimum absolute atomic E-state index is 0.0266. The molecule has 2 aromatic heterocycles. The van der Waals surface area contributed by atoms with Crippen molar-refractivity contribution in [1.29, 1.82) is 0 Å². The molecule has 2 aliphatic carbocycles. The summed E-state index contributed by atoms with van der Waals surface area (Å²) in [5.41, 5.74) is 3.63. The third-order valence-corrected chi connectivity index (χ3v) is 6.95. The molecule has 2 aliphatic rings. The van der Waals surface area contributed by atoms with Gasteiger partial charge in [-0.15, -0.1) is 0 Å². The number of amides is 2. The molecule has 2 unspecified atom stereocenters. The van der Waals surface area contributed by atoms with Gasteiger partial charge in [0.25, 0.3) is 0 Å². The van der Waals surface area contributed by atoms with E-state index in [1.165, 1.54) is 25.8 Å². The molecule has 2 amide bonds. The van der Waals surface area contributed by atoms with Crippen molar-refractivity contribution in [2.75, 3.05) is 5.32 Å². The van der Waals surface area contributed by atoms with Crippen LogP contribution < -0.4 is 10.6 Å². The molecule has 1 aromatic carbocycles. The number of imidazole rings is 1. The van der Waals surface area contributed by atoms with E-state index in [0.29, 0.717) is 23.7 Å². The molecular weight excluding hydrogens is 433 g/mol. The van der Waals surface area contributed by atoms with Crippen LogP contribution in [0.5, 0.6) is 0 Å². The molecule has 0 bridgehead atoms. The Balaban J connectivity index is 1.38. The lowest BCUT2D eigenvalue weighted by Crippen LogP contribution is -2.40. The Kier molecular flexibility index (Phi) is 6.06. The molecule has 34 heavy (non-hydrogen) atoms. The Morgan fingerprint density at radius 3 is 2.74 bits per heavy atom. The number of aromatic nitrogens is 3. The molecule has 2 N–H and O–H groups in total. The average Bonchev–Trinajstić information content (AvgIpc) is 3.53. The summed E-state index contributed by atoms with van der Waals surface area (Å²) < 4.78 is 17.0. The van der Waals surface area contributed by atoms with E-state index in [4.69, 9.17) is 0 Å². The van der Waals surface area contributed by atoms with Crippen LogP contribution in [0.15, 0.2) is 30.7 Å². The summed E-state index contributed by atoms with van der Waals surface area (Å²) in [7, 11) is 0. The van der Waals surface area contributed by atoms with Crippen molar-refractivity contribution >= 4 is 28.7 Å². The molecule has 5 rings (SSSR count). The van der Waals surface area contributed by atoms with E-state index >= 15 is 0 Å². The van der Waals surface area contributed by atoms with Crippen molar-refractivity contribution in [3.63, 3.8) is 0 Å². The maximum Gasteiger partial charge on any atom is 0.228 e. The fourth-order valence-electron chi connectivity index (χ4n) is 4.98. The van der Waals surface area contributed by atoms with Crippen LogP contribution >= 0.6 is 0 Å². The van der Waals surface area contributed by atoms with Crippen molar-refractivity contribution in [2.45, 2.75) is 65.0 Å². The van der Waals surface area contributed by atoms with Crippen molar-refractivity contribution in [2.24, 2.45) is 11.8 Å². The molecule has 0 saturated heterocycles. The topological polar surface area (TPSA) is 88.9 Å². The summed E-state index contributed by atoms with van der Waals surface area (Å²) in [6.07, 6.45) is 9.03. The second-order valence-corrected chi connectivity index (χ2v) is 9.80. The van der Waals surface area contributed by atoms with Crippen LogP contribution in [0, 0.1) is 24.6 Å². The van der Waals surface area contributed by atoms with Gasteiger partial charge < -0.3 is 15.2 Å². The van der Waals surface area contributed by atoms with E-state index in [0.717, 1.165) is 48.0 Å². The highest BCUT2D eigenvalue weighted by atomic mass is 19.1. The molecular formula is C26H30FN5O2. The number of halogens is 1. The minimum Gasteiger partial charge on any atom is -0.354 e. The summed E-state index contributed by atoms with van der Waals surface area (Å²) in [6.45, 7) is 4.29. The zero-order valence-electron chi connectivity index (χ0n) is 19.6.